The van der Waals surface area contributed by atoms with Gasteiger partial charge in [-0.2, -0.15) is 0 Å². The zero-order valence-electron chi connectivity index (χ0n) is 7.72. The zero-order valence-corrected chi connectivity index (χ0v) is 7.72. The molecule has 1 saturated heterocycles. The zero-order chi connectivity index (χ0) is 9.84. The third kappa shape index (κ3) is 2.89. The van der Waals surface area contributed by atoms with Gasteiger partial charge in [-0.25, -0.2) is 0 Å². The summed E-state index contributed by atoms with van der Waals surface area (Å²) in [4.78, 5) is 0. The van der Waals surface area contributed by atoms with Gasteiger partial charge in [0.1, 0.15) is 6.10 Å². The van der Waals surface area contributed by atoms with Gasteiger partial charge in [-0.05, 0) is 6.92 Å². The second-order valence-electron chi connectivity index (χ2n) is 3.24. The van der Waals surface area contributed by atoms with Crippen molar-refractivity contribution in [1.82, 2.24) is 0 Å². The van der Waals surface area contributed by atoms with E-state index in [1.165, 1.54) is 0 Å². The summed E-state index contributed by atoms with van der Waals surface area (Å²) in [5.41, 5.74) is 5.24. The van der Waals surface area contributed by atoms with Crippen LogP contribution in [0.3, 0.4) is 0 Å². The van der Waals surface area contributed by atoms with Crippen molar-refractivity contribution in [2.24, 2.45) is 5.73 Å². The lowest BCUT2D eigenvalue weighted by atomic mass is 10.0. The van der Waals surface area contributed by atoms with Crippen LogP contribution in [0.2, 0.25) is 0 Å². The van der Waals surface area contributed by atoms with Gasteiger partial charge in [0, 0.05) is 13.0 Å². The number of aliphatic hydroxyl groups excluding tert-OH is 2. The number of hydrogen-bond donors (Lipinski definition) is 3. The summed E-state index contributed by atoms with van der Waals surface area (Å²) in [5, 5.41) is 18.8. The van der Waals surface area contributed by atoms with E-state index in [9.17, 15) is 10.2 Å². The first-order valence-electron chi connectivity index (χ1n) is 4.48. The van der Waals surface area contributed by atoms with Crippen molar-refractivity contribution >= 4 is 0 Å². The van der Waals surface area contributed by atoms with E-state index in [2.05, 4.69) is 0 Å². The summed E-state index contributed by atoms with van der Waals surface area (Å²) in [5.74, 6) is 0. The lowest BCUT2D eigenvalue weighted by molar-refractivity contribution is -0.259. The van der Waals surface area contributed by atoms with Crippen molar-refractivity contribution in [1.29, 1.82) is 0 Å². The van der Waals surface area contributed by atoms with Gasteiger partial charge in [-0.3, -0.25) is 0 Å². The van der Waals surface area contributed by atoms with Gasteiger partial charge in [0.2, 0.25) is 0 Å². The summed E-state index contributed by atoms with van der Waals surface area (Å²) >= 11 is 0. The molecule has 0 aromatic rings. The van der Waals surface area contributed by atoms with Crippen molar-refractivity contribution < 1.29 is 19.7 Å². The number of rotatable bonds is 3. The Balaban J connectivity index is 2.37. The Bertz CT molecular complexity index is 155. The summed E-state index contributed by atoms with van der Waals surface area (Å²) in [6.07, 6.45) is -2.05. The first-order valence-corrected chi connectivity index (χ1v) is 4.48. The first kappa shape index (κ1) is 10.9. The molecule has 0 amide bonds. The molecule has 1 fully saturated rings. The Morgan fingerprint density at radius 2 is 2.15 bits per heavy atom. The molecule has 13 heavy (non-hydrogen) atoms. The minimum atomic E-state index is -0.766. The highest BCUT2D eigenvalue weighted by atomic mass is 16.7. The topological polar surface area (TPSA) is 84.9 Å². The number of nitrogens with two attached hydrogens (primary N) is 1. The van der Waals surface area contributed by atoms with Crippen LogP contribution in [-0.4, -0.2) is 48.0 Å². The minimum Gasteiger partial charge on any atom is -0.390 e. The SMILES string of the molecule is CC1OC(OCCN)C(O)CC1O. The van der Waals surface area contributed by atoms with Crippen molar-refractivity contribution in [3.05, 3.63) is 0 Å². The molecule has 0 bridgehead atoms. The van der Waals surface area contributed by atoms with E-state index in [0.29, 0.717) is 13.2 Å². The van der Waals surface area contributed by atoms with Gasteiger partial charge in [-0.15, -0.1) is 0 Å². The van der Waals surface area contributed by atoms with Gasteiger partial charge >= 0.3 is 0 Å². The van der Waals surface area contributed by atoms with Crippen LogP contribution in [0.4, 0.5) is 0 Å². The number of hydrogen-bond acceptors (Lipinski definition) is 5. The van der Waals surface area contributed by atoms with Crippen LogP contribution in [0.25, 0.3) is 0 Å². The maximum atomic E-state index is 9.43. The first-order chi connectivity index (χ1) is 6.15. The number of aliphatic hydroxyl groups is 2. The predicted molar refractivity (Wildman–Crippen MR) is 46.0 cm³/mol. The average molecular weight is 191 g/mol. The van der Waals surface area contributed by atoms with Crippen LogP contribution >= 0.6 is 0 Å². The van der Waals surface area contributed by atoms with Gasteiger partial charge in [0.15, 0.2) is 6.29 Å². The number of ether oxygens (including phenoxy) is 2. The summed E-state index contributed by atoms with van der Waals surface area (Å²) < 4.78 is 10.4. The monoisotopic (exact) mass is 191 g/mol. The Morgan fingerprint density at radius 3 is 2.77 bits per heavy atom. The predicted octanol–water partition coefficient (Wildman–Crippen LogP) is -1.18. The normalized spacial score (nSPS) is 40.6. The van der Waals surface area contributed by atoms with Gasteiger partial charge < -0.3 is 25.4 Å². The fraction of sp³-hybridized carbons (Fsp3) is 1.00. The van der Waals surface area contributed by atoms with Crippen molar-refractivity contribution in [3.8, 4) is 0 Å². The molecular weight excluding hydrogens is 174 g/mol. The van der Waals surface area contributed by atoms with Crippen LogP contribution in [0.15, 0.2) is 0 Å². The molecule has 0 aromatic heterocycles. The van der Waals surface area contributed by atoms with E-state index in [1.807, 2.05) is 0 Å². The third-order valence-corrected chi connectivity index (χ3v) is 2.09. The average Bonchev–Trinajstić information content (AvgIpc) is 2.09. The molecule has 4 atom stereocenters. The lowest BCUT2D eigenvalue weighted by Gasteiger charge is -2.35. The molecule has 5 nitrogen and oxygen atoms in total. The standard InChI is InChI=1S/C8H17NO4/c1-5-6(10)4-7(11)8(13-5)12-3-2-9/h5-8,10-11H,2-4,9H2,1H3. The highest BCUT2D eigenvalue weighted by Crippen LogP contribution is 2.20. The third-order valence-electron chi connectivity index (χ3n) is 2.09. The highest BCUT2D eigenvalue weighted by Gasteiger charge is 2.34. The van der Waals surface area contributed by atoms with Crippen molar-refractivity contribution in [2.45, 2.75) is 37.9 Å². The fourth-order valence-corrected chi connectivity index (χ4v) is 1.28. The molecule has 1 aliphatic heterocycles. The van der Waals surface area contributed by atoms with E-state index in [0.717, 1.165) is 0 Å². The van der Waals surface area contributed by atoms with Crippen LogP contribution in [0.5, 0.6) is 0 Å². The molecule has 0 aliphatic carbocycles. The molecule has 1 heterocycles. The van der Waals surface area contributed by atoms with Crippen LogP contribution in [-0.2, 0) is 9.47 Å². The van der Waals surface area contributed by atoms with Gasteiger partial charge in [0.05, 0.1) is 18.8 Å². The molecule has 5 heteroatoms. The van der Waals surface area contributed by atoms with Gasteiger partial charge in [-0.1, -0.05) is 0 Å². The summed E-state index contributed by atoms with van der Waals surface area (Å²) in [6.45, 7) is 2.49. The molecule has 4 N–H and O–H groups in total. The molecule has 0 saturated carbocycles. The van der Waals surface area contributed by atoms with E-state index >= 15 is 0 Å². The second-order valence-corrected chi connectivity index (χ2v) is 3.24. The maximum Gasteiger partial charge on any atom is 0.183 e. The van der Waals surface area contributed by atoms with Gasteiger partial charge in [0.25, 0.3) is 0 Å². The summed E-state index contributed by atoms with van der Waals surface area (Å²) in [6, 6.07) is 0. The minimum absolute atomic E-state index is 0.288. The highest BCUT2D eigenvalue weighted by molar-refractivity contribution is 4.78. The van der Waals surface area contributed by atoms with Crippen LogP contribution < -0.4 is 5.73 Å². The lowest BCUT2D eigenvalue weighted by Crippen LogP contribution is -2.47. The molecule has 1 aliphatic rings. The Hall–Kier alpha value is -0.200. The maximum absolute atomic E-state index is 9.43. The second kappa shape index (κ2) is 4.88. The van der Waals surface area contributed by atoms with E-state index in [1.54, 1.807) is 6.92 Å². The summed E-state index contributed by atoms with van der Waals surface area (Å²) in [7, 11) is 0. The van der Waals surface area contributed by atoms with E-state index < -0.39 is 18.5 Å². The molecule has 0 radical (unpaired) electrons. The molecule has 78 valence electrons. The van der Waals surface area contributed by atoms with Crippen LogP contribution in [0.1, 0.15) is 13.3 Å². The Morgan fingerprint density at radius 1 is 1.46 bits per heavy atom. The largest absolute Gasteiger partial charge is 0.390 e. The Labute approximate surface area is 77.4 Å². The molecule has 1 rings (SSSR count). The molecule has 0 spiro atoms. The van der Waals surface area contributed by atoms with E-state index in [-0.39, 0.29) is 12.5 Å². The van der Waals surface area contributed by atoms with Crippen molar-refractivity contribution in [3.63, 3.8) is 0 Å². The van der Waals surface area contributed by atoms with Crippen LogP contribution in [0, 0.1) is 0 Å². The molecular formula is C8H17NO4. The van der Waals surface area contributed by atoms with Crippen molar-refractivity contribution in [2.75, 3.05) is 13.2 Å². The van der Waals surface area contributed by atoms with E-state index in [4.69, 9.17) is 15.2 Å². The fourth-order valence-electron chi connectivity index (χ4n) is 1.28. The molecule has 4 unspecified atom stereocenters. The quantitative estimate of drug-likeness (QED) is 0.523. The smallest absolute Gasteiger partial charge is 0.183 e. The Kier molecular flexibility index (Phi) is 4.08. The molecule has 0 aromatic carbocycles.